The highest BCUT2D eigenvalue weighted by Gasteiger charge is 1.96. The number of aromatic nitrogens is 2. The van der Waals surface area contributed by atoms with Crippen molar-refractivity contribution < 1.29 is 9.13 Å². The van der Waals surface area contributed by atoms with E-state index >= 15 is 0 Å². The second-order valence-electron chi connectivity index (χ2n) is 3.31. The minimum Gasteiger partial charge on any atom is -0.492 e. The van der Waals surface area contributed by atoms with E-state index in [4.69, 9.17) is 4.74 Å². The Morgan fingerprint density at radius 3 is 2.53 bits per heavy atom. The van der Waals surface area contributed by atoms with Gasteiger partial charge in [-0.15, -0.1) is 0 Å². The molecular weight excluding hydrogens is 221 g/mol. The highest BCUT2D eigenvalue weighted by Crippen LogP contribution is 2.07. The zero-order chi connectivity index (χ0) is 11.9. The molecule has 0 spiro atoms. The summed E-state index contributed by atoms with van der Waals surface area (Å²) in [4.78, 5) is 7.54. The summed E-state index contributed by atoms with van der Waals surface area (Å²) in [5.74, 6) is 0.758. The van der Waals surface area contributed by atoms with Crippen molar-refractivity contribution in [3.05, 3.63) is 48.5 Å². The van der Waals surface area contributed by atoms with Crippen LogP contribution in [-0.2, 0) is 0 Å². The molecule has 2 rings (SSSR count). The fraction of sp³-hybridized carbons (Fsp3) is 0.167. The summed E-state index contributed by atoms with van der Waals surface area (Å²) in [5.41, 5.74) is 0. The smallest absolute Gasteiger partial charge is 0.222 e. The van der Waals surface area contributed by atoms with Crippen molar-refractivity contribution in [3.8, 4) is 5.75 Å². The number of hydrogen-bond acceptors (Lipinski definition) is 4. The Labute approximate surface area is 98.5 Å². The van der Waals surface area contributed by atoms with Crippen LogP contribution in [0.15, 0.2) is 42.7 Å². The first-order chi connectivity index (χ1) is 8.34. The van der Waals surface area contributed by atoms with Crippen LogP contribution in [0.25, 0.3) is 0 Å². The molecule has 2 aromatic rings. The molecule has 88 valence electrons. The molecule has 0 amide bonds. The van der Waals surface area contributed by atoms with E-state index in [1.807, 2.05) is 30.3 Å². The van der Waals surface area contributed by atoms with Crippen LogP contribution in [0.2, 0.25) is 0 Å². The quantitative estimate of drug-likeness (QED) is 0.803. The van der Waals surface area contributed by atoms with Crippen LogP contribution in [-0.4, -0.2) is 23.1 Å². The van der Waals surface area contributed by atoms with Crippen LogP contribution in [0.3, 0.4) is 0 Å². The van der Waals surface area contributed by atoms with Gasteiger partial charge >= 0.3 is 0 Å². The SMILES string of the molecule is Fc1cnc(NCCOc2ccccc2)nc1. The van der Waals surface area contributed by atoms with Gasteiger partial charge in [-0.05, 0) is 12.1 Å². The molecule has 1 aromatic carbocycles. The fourth-order valence-electron chi connectivity index (χ4n) is 1.25. The van der Waals surface area contributed by atoms with Crippen LogP contribution >= 0.6 is 0 Å². The highest BCUT2D eigenvalue weighted by molar-refractivity contribution is 5.23. The number of nitrogens with zero attached hydrogens (tertiary/aromatic N) is 2. The number of rotatable bonds is 5. The molecule has 0 unspecified atom stereocenters. The van der Waals surface area contributed by atoms with Crippen molar-refractivity contribution in [1.82, 2.24) is 9.97 Å². The molecule has 0 aliphatic carbocycles. The lowest BCUT2D eigenvalue weighted by Gasteiger charge is -2.06. The van der Waals surface area contributed by atoms with E-state index in [1.165, 1.54) is 0 Å². The molecule has 0 aliphatic heterocycles. The number of para-hydroxylation sites is 1. The normalized spacial score (nSPS) is 9.94. The van der Waals surface area contributed by atoms with Crippen molar-refractivity contribution >= 4 is 5.95 Å². The molecular formula is C12H12FN3O. The van der Waals surface area contributed by atoms with E-state index < -0.39 is 5.82 Å². The van der Waals surface area contributed by atoms with Crippen LogP contribution in [0.4, 0.5) is 10.3 Å². The molecule has 17 heavy (non-hydrogen) atoms. The van der Waals surface area contributed by atoms with Gasteiger partial charge in [-0.25, -0.2) is 14.4 Å². The summed E-state index contributed by atoms with van der Waals surface area (Å²) < 4.78 is 18.0. The maximum Gasteiger partial charge on any atom is 0.222 e. The zero-order valence-corrected chi connectivity index (χ0v) is 9.14. The summed E-state index contributed by atoms with van der Waals surface area (Å²) in [6.45, 7) is 1.05. The van der Waals surface area contributed by atoms with Crippen LogP contribution in [0.5, 0.6) is 5.75 Å². The summed E-state index contributed by atoms with van der Waals surface area (Å²) in [5, 5.41) is 2.93. The molecule has 0 atom stereocenters. The Bertz CT molecular complexity index is 447. The lowest BCUT2D eigenvalue weighted by atomic mass is 10.3. The summed E-state index contributed by atoms with van der Waals surface area (Å²) in [6.07, 6.45) is 2.24. The van der Waals surface area contributed by atoms with Crippen molar-refractivity contribution in [1.29, 1.82) is 0 Å². The summed E-state index contributed by atoms with van der Waals surface area (Å²) >= 11 is 0. The average Bonchev–Trinajstić information content (AvgIpc) is 2.38. The van der Waals surface area contributed by atoms with Gasteiger partial charge in [0.2, 0.25) is 5.95 Å². The number of hydrogen-bond donors (Lipinski definition) is 1. The second-order valence-corrected chi connectivity index (χ2v) is 3.31. The molecule has 1 aromatic heterocycles. The lowest BCUT2D eigenvalue weighted by molar-refractivity contribution is 0.332. The number of nitrogens with one attached hydrogen (secondary N) is 1. The van der Waals surface area contributed by atoms with E-state index in [-0.39, 0.29) is 0 Å². The minimum absolute atomic E-state index is 0.392. The summed E-state index contributed by atoms with van der Waals surface area (Å²) in [6, 6.07) is 9.51. The zero-order valence-electron chi connectivity index (χ0n) is 9.14. The van der Waals surface area contributed by atoms with E-state index in [1.54, 1.807) is 0 Å². The monoisotopic (exact) mass is 233 g/mol. The Kier molecular flexibility index (Phi) is 3.85. The van der Waals surface area contributed by atoms with Gasteiger partial charge in [0.05, 0.1) is 18.9 Å². The standard InChI is InChI=1S/C12H12FN3O/c13-10-8-15-12(16-9-10)14-6-7-17-11-4-2-1-3-5-11/h1-5,8-9H,6-7H2,(H,14,15,16). The Morgan fingerprint density at radius 2 is 1.82 bits per heavy atom. The maximum absolute atomic E-state index is 12.5. The van der Waals surface area contributed by atoms with Gasteiger partial charge in [0.15, 0.2) is 5.82 Å². The molecule has 1 heterocycles. The molecule has 0 saturated carbocycles. The first-order valence-corrected chi connectivity index (χ1v) is 5.24. The van der Waals surface area contributed by atoms with Crippen LogP contribution in [0, 0.1) is 5.82 Å². The largest absolute Gasteiger partial charge is 0.492 e. The van der Waals surface area contributed by atoms with Gasteiger partial charge in [0.25, 0.3) is 0 Å². The van der Waals surface area contributed by atoms with Gasteiger partial charge in [-0.2, -0.15) is 0 Å². The number of halogens is 1. The third-order valence-electron chi connectivity index (χ3n) is 2.02. The first kappa shape index (κ1) is 11.3. The molecule has 0 fully saturated rings. The number of ether oxygens (including phenoxy) is 1. The van der Waals surface area contributed by atoms with Gasteiger partial charge in [-0.3, -0.25) is 0 Å². The molecule has 0 radical (unpaired) electrons. The Hall–Kier alpha value is -2.17. The van der Waals surface area contributed by atoms with E-state index in [0.29, 0.717) is 19.1 Å². The maximum atomic E-state index is 12.5. The molecule has 0 bridgehead atoms. The lowest BCUT2D eigenvalue weighted by Crippen LogP contribution is -2.13. The molecule has 5 heteroatoms. The van der Waals surface area contributed by atoms with E-state index in [9.17, 15) is 4.39 Å². The minimum atomic E-state index is -0.448. The van der Waals surface area contributed by atoms with E-state index in [0.717, 1.165) is 18.1 Å². The third kappa shape index (κ3) is 3.71. The van der Waals surface area contributed by atoms with Gasteiger partial charge in [0.1, 0.15) is 12.4 Å². The number of anilines is 1. The average molecular weight is 233 g/mol. The molecule has 0 aliphatic rings. The van der Waals surface area contributed by atoms with Crippen molar-refractivity contribution in [2.45, 2.75) is 0 Å². The third-order valence-corrected chi connectivity index (χ3v) is 2.02. The van der Waals surface area contributed by atoms with Crippen LogP contribution < -0.4 is 10.1 Å². The Balaban J connectivity index is 1.71. The first-order valence-electron chi connectivity index (χ1n) is 5.24. The molecule has 1 N–H and O–H groups in total. The molecule has 0 saturated heterocycles. The van der Waals surface area contributed by atoms with Crippen molar-refractivity contribution in [2.24, 2.45) is 0 Å². The van der Waals surface area contributed by atoms with Crippen molar-refractivity contribution in [3.63, 3.8) is 0 Å². The topological polar surface area (TPSA) is 47.0 Å². The van der Waals surface area contributed by atoms with E-state index in [2.05, 4.69) is 15.3 Å². The summed E-state index contributed by atoms with van der Waals surface area (Å²) in [7, 11) is 0. The van der Waals surface area contributed by atoms with Gasteiger partial charge in [-0.1, -0.05) is 18.2 Å². The highest BCUT2D eigenvalue weighted by atomic mass is 19.1. The Morgan fingerprint density at radius 1 is 1.12 bits per heavy atom. The van der Waals surface area contributed by atoms with Gasteiger partial charge < -0.3 is 10.1 Å². The fourth-order valence-corrected chi connectivity index (χ4v) is 1.25. The van der Waals surface area contributed by atoms with Gasteiger partial charge in [0, 0.05) is 0 Å². The van der Waals surface area contributed by atoms with Crippen molar-refractivity contribution in [2.75, 3.05) is 18.5 Å². The van der Waals surface area contributed by atoms with Crippen LogP contribution in [0.1, 0.15) is 0 Å². The number of benzene rings is 1. The predicted molar refractivity (Wildman–Crippen MR) is 62.4 cm³/mol. The molecule has 4 nitrogen and oxygen atoms in total. The predicted octanol–water partition coefficient (Wildman–Crippen LogP) is 2.11. The second kappa shape index (κ2) is 5.79.